The molecule has 0 unspecified atom stereocenters. The van der Waals surface area contributed by atoms with Gasteiger partial charge in [0.15, 0.2) is 11.6 Å². The maximum absolute atomic E-state index is 9.14. The third kappa shape index (κ3) is 3.10. The van der Waals surface area contributed by atoms with Crippen molar-refractivity contribution in [1.82, 2.24) is 24.9 Å². The molecule has 1 atom stereocenters. The Kier molecular flexibility index (Phi) is 4.48. The molecule has 1 aliphatic heterocycles. The van der Waals surface area contributed by atoms with Crippen LogP contribution in [0.1, 0.15) is 30.1 Å². The largest absolute Gasteiger partial charge is 0.356 e. The fourth-order valence-electron chi connectivity index (χ4n) is 3.96. The summed E-state index contributed by atoms with van der Waals surface area (Å²) in [5, 5.41) is 22.3. The molecule has 0 aliphatic carbocycles. The molecule has 0 radical (unpaired) electrons. The molecule has 8 heteroatoms. The van der Waals surface area contributed by atoms with E-state index in [0.717, 1.165) is 48.0 Å². The molecule has 1 fully saturated rings. The second kappa shape index (κ2) is 7.44. The van der Waals surface area contributed by atoms with Crippen molar-refractivity contribution in [2.24, 2.45) is 7.05 Å². The van der Waals surface area contributed by atoms with Crippen molar-refractivity contribution in [3.05, 3.63) is 66.1 Å². The standard InChI is InChI=1S/C22H19N7O/c1-28-21(17-7-3-9-24-14-17)25-26-22(28)29-10-4-8-19(29)18-12-20(30-27-18)16-6-2-5-15(11-16)13-23/h2-3,5-7,9,11-12,14,19H,4,8,10H2,1H3/t19-/m1/s1. The molecule has 1 aromatic carbocycles. The fourth-order valence-corrected chi connectivity index (χ4v) is 3.96. The van der Waals surface area contributed by atoms with Crippen molar-refractivity contribution in [3.63, 3.8) is 0 Å². The minimum Gasteiger partial charge on any atom is -0.356 e. The smallest absolute Gasteiger partial charge is 0.227 e. The van der Waals surface area contributed by atoms with E-state index >= 15 is 0 Å². The third-order valence-electron chi connectivity index (χ3n) is 5.43. The van der Waals surface area contributed by atoms with E-state index in [1.54, 1.807) is 24.5 Å². The Hall–Kier alpha value is -3.99. The number of rotatable bonds is 4. The van der Waals surface area contributed by atoms with Crippen molar-refractivity contribution >= 4 is 5.95 Å². The van der Waals surface area contributed by atoms with Crippen LogP contribution < -0.4 is 4.90 Å². The van der Waals surface area contributed by atoms with Crippen LogP contribution in [0.15, 0.2) is 59.4 Å². The minimum absolute atomic E-state index is 0.0614. The zero-order valence-corrected chi connectivity index (χ0v) is 16.4. The molecule has 0 bridgehead atoms. The van der Waals surface area contributed by atoms with Crippen LogP contribution in [0.5, 0.6) is 0 Å². The number of aromatic nitrogens is 5. The number of hydrogen-bond donors (Lipinski definition) is 0. The summed E-state index contributed by atoms with van der Waals surface area (Å²) in [6.07, 6.45) is 5.52. The summed E-state index contributed by atoms with van der Waals surface area (Å²) >= 11 is 0. The van der Waals surface area contributed by atoms with E-state index in [0.29, 0.717) is 11.3 Å². The summed E-state index contributed by atoms with van der Waals surface area (Å²) in [7, 11) is 1.97. The van der Waals surface area contributed by atoms with Crippen LogP contribution in [0, 0.1) is 11.3 Å². The average Bonchev–Trinajstić information content (AvgIpc) is 3.53. The Bertz CT molecular complexity index is 1220. The lowest BCUT2D eigenvalue weighted by Crippen LogP contribution is -2.25. The second-order valence-corrected chi connectivity index (χ2v) is 7.28. The molecular formula is C22H19N7O. The maximum atomic E-state index is 9.14. The second-order valence-electron chi connectivity index (χ2n) is 7.28. The Morgan fingerprint density at radius 3 is 2.87 bits per heavy atom. The van der Waals surface area contributed by atoms with Gasteiger partial charge in [-0.3, -0.25) is 9.55 Å². The van der Waals surface area contributed by atoms with E-state index in [1.165, 1.54) is 0 Å². The molecule has 148 valence electrons. The third-order valence-corrected chi connectivity index (χ3v) is 5.43. The summed E-state index contributed by atoms with van der Waals surface area (Å²) in [6, 6.07) is 15.4. The average molecular weight is 397 g/mol. The van der Waals surface area contributed by atoms with Crippen molar-refractivity contribution in [1.29, 1.82) is 5.26 Å². The highest BCUT2D eigenvalue weighted by atomic mass is 16.5. The van der Waals surface area contributed by atoms with Crippen LogP contribution in [0.25, 0.3) is 22.7 Å². The highest BCUT2D eigenvalue weighted by Gasteiger charge is 2.32. The lowest BCUT2D eigenvalue weighted by Gasteiger charge is -2.23. The Morgan fingerprint density at radius 1 is 1.13 bits per heavy atom. The van der Waals surface area contributed by atoms with Gasteiger partial charge in [0.1, 0.15) is 5.69 Å². The van der Waals surface area contributed by atoms with E-state index in [9.17, 15) is 0 Å². The summed E-state index contributed by atoms with van der Waals surface area (Å²) in [5.41, 5.74) is 3.22. The van der Waals surface area contributed by atoms with Gasteiger partial charge >= 0.3 is 0 Å². The van der Waals surface area contributed by atoms with Crippen molar-refractivity contribution in [2.75, 3.05) is 11.4 Å². The van der Waals surface area contributed by atoms with Crippen molar-refractivity contribution < 1.29 is 4.52 Å². The van der Waals surface area contributed by atoms with Crippen LogP contribution in [-0.2, 0) is 7.05 Å². The molecule has 0 N–H and O–H groups in total. The van der Waals surface area contributed by atoms with E-state index in [2.05, 4.69) is 31.3 Å². The Labute approximate surface area is 173 Å². The topological polar surface area (TPSA) is 96.7 Å². The first-order valence-electron chi connectivity index (χ1n) is 9.78. The van der Waals surface area contributed by atoms with Gasteiger partial charge in [0.05, 0.1) is 17.7 Å². The van der Waals surface area contributed by atoms with Gasteiger partial charge in [-0.1, -0.05) is 17.3 Å². The molecule has 5 rings (SSSR count). The normalized spacial score (nSPS) is 16.0. The first-order chi connectivity index (χ1) is 14.7. The summed E-state index contributed by atoms with van der Waals surface area (Å²) in [6.45, 7) is 0.871. The van der Waals surface area contributed by atoms with Crippen LogP contribution >= 0.6 is 0 Å². The molecule has 30 heavy (non-hydrogen) atoms. The first kappa shape index (κ1) is 18.1. The number of nitriles is 1. The lowest BCUT2D eigenvalue weighted by molar-refractivity contribution is 0.416. The molecule has 0 saturated carbocycles. The van der Waals surface area contributed by atoms with E-state index < -0.39 is 0 Å². The Balaban J connectivity index is 1.45. The van der Waals surface area contributed by atoms with Gasteiger partial charge in [-0.25, -0.2) is 0 Å². The van der Waals surface area contributed by atoms with Crippen LogP contribution in [0.3, 0.4) is 0 Å². The summed E-state index contributed by atoms with van der Waals surface area (Å²) in [5.74, 6) is 2.23. The minimum atomic E-state index is 0.0614. The van der Waals surface area contributed by atoms with Gasteiger partial charge in [0.2, 0.25) is 5.95 Å². The van der Waals surface area contributed by atoms with E-state index in [1.807, 2.05) is 41.9 Å². The molecule has 3 aromatic heterocycles. The number of nitrogens with zero attached hydrogens (tertiary/aromatic N) is 7. The Morgan fingerprint density at radius 2 is 2.03 bits per heavy atom. The summed E-state index contributed by atoms with van der Waals surface area (Å²) in [4.78, 5) is 6.40. The fraction of sp³-hybridized carbons (Fsp3) is 0.227. The van der Waals surface area contributed by atoms with E-state index in [4.69, 9.17) is 9.78 Å². The molecule has 1 saturated heterocycles. The van der Waals surface area contributed by atoms with Gasteiger partial charge in [-0.05, 0) is 37.1 Å². The highest BCUT2D eigenvalue weighted by molar-refractivity contribution is 5.61. The quantitative estimate of drug-likeness (QED) is 0.517. The monoisotopic (exact) mass is 397 g/mol. The summed E-state index contributed by atoms with van der Waals surface area (Å²) < 4.78 is 7.61. The van der Waals surface area contributed by atoms with Crippen molar-refractivity contribution in [2.45, 2.75) is 18.9 Å². The predicted octanol–water partition coefficient (Wildman–Crippen LogP) is 3.75. The van der Waals surface area contributed by atoms with Crippen LogP contribution in [0.2, 0.25) is 0 Å². The predicted molar refractivity (Wildman–Crippen MR) is 110 cm³/mol. The molecule has 1 aliphatic rings. The molecule has 4 heterocycles. The molecule has 4 aromatic rings. The number of benzene rings is 1. The van der Waals surface area contributed by atoms with Gasteiger partial charge in [-0.2, -0.15) is 5.26 Å². The van der Waals surface area contributed by atoms with Crippen LogP contribution in [-0.4, -0.2) is 31.4 Å². The number of anilines is 1. The van der Waals surface area contributed by atoms with Gasteiger partial charge in [-0.15, -0.1) is 10.2 Å². The number of hydrogen-bond acceptors (Lipinski definition) is 7. The van der Waals surface area contributed by atoms with Gasteiger partial charge in [0.25, 0.3) is 0 Å². The molecule has 0 spiro atoms. The zero-order chi connectivity index (χ0) is 20.5. The molecule has 8 nitrogen and oxygen atoms in total. The number of pyridine rings is 1. The van der Waals surface area contributed by atoms with E-state index in [-0.39, 0.29) is 6.04 Å². The first-order valence-corrected chi connectivity index (χ1v) is 9.78. The van der Waals surface area contributed by atoms with Gasteiger partial charge < -0.3 is 9.42 Å². The van der Waals surface area contributed by atoms with Crippen LogP contribution in [0.4, 0.5) is 5.95 Å². The van der Waals surface area contributed by atoms with Crippen molar-refractivity contribution in [3.8, 4) is 28.8 Å². The molecular weight excluding hydrogens is 378 g/mol. The van der Waals surface area contributed by atoms with Gasteiger partial charge in [0, 0.05) is 43.2 Å². The SMILES string of the molecule is Cn1c(-c2cccnc2)nnc1N1CCC[C@@H]1c1cc(-c2cccc(C#N)c2)on1. The zero-order valence-electron chi connectivity index (χ0n) is 16.4. The molecule has 0 amide bonds. The highest BCUT2D eigenvalue weighted by Crippen LogP contribution is 2.37. The lowest BCUT2D eigenvalue weighted by atomic mass is 10.1. The maximum Gasteiger partial charge on any atom is 0.227 e.